The van der Waals surface area contributed by atoms with E-state index in [1.165, 1.54) is 6.20 Å². The predicted molar refractivity (Wildman–Crippen MR) is 78.2 cm³/mol. The summed E-state index contributed by atoms with van der Waals surface area (Å²) in [5.74, 6) is 0.534. The van der Waals surface area contributed by atoms with Gasteiger partial charge in [-0.15, -0.1) is 0 Å². The fourth-order valence-corrected chi connectivity index (χ4v) is 2.03. The third kappa shape index (κ3) is 3.34. The SMILES string of the molecule is CC(Nc1nc(Cl)ncc1Cl)c1ccc(Br)cc1. The number of anilines is 1. The van der Waals surface area contributed by atoms with Crippen LogP contribution in [0.25, 0.3) is 0 Å². The lowest BCUT2D eigenvalue weighted by Gasteiger charge is -2.15. The molecule has 0 aliphatic rings. The first-order chi connectivity index (χ1) is 8.56. The maximum atomic E-state index is 6.00. The van der Waals surface area contributed by atoms with E-state index in [0.29, 0.717) is 10.8 Å². The molecule has 0 aliphatic carbocycles. The summed E-state index contributed by atoms with van der Waals surface area (Å²) in [6, 6.07) is 8.10. The first-order valence-corrected chi connectivity index (χ1v) is 6.81. The standard InChI is InChI=1S/C12H10BrCl2N3/c1-7(8-2-4-9(13)5-3-8)17-11-10(14)6-16-12(15)18-11/h2-7H,1H3,(H,16,17,18). The lowest BCUT2D eigenvalue weighted by molar-refractivity contribution is 0.871. The van der Waals surface area contributed by atoms with Crippen LogP contribution < -0.4 is 5.32 Å². The molecule has 1 aromatic heterocycles. The average molecular weight is 347 g/mol. The normalized spacial score (nSPS) is 12.2. The largest absolute Gasteiger partial charge is 0.362 e. The average Bonchev–Trinajstić information content (AvgIpc) is 2.34. The summed E-state index contributed by atoms with van der Waals surface area (Å²) in [6.07, 6.45) is 1.48. The quantitative estimate of drug-likeness (QED) is 0.817. The molecular weight excluding hydrogens is 337 g/mol. The van der Waals surface area contributed by atoms with Gasteiger partial charge in [-0.1, -0.05) is 39.7 Å². The van der Waals surface area contributed by atoms with E-state index >= 15 is 0 Å². The summed E-state index contributed by atoms with van der Waals surface area (Å²) in [5.41, 5.74) is 1.13. The molecule has 1 atom stereocenters. The molecule has 1 unspecified atom stereocenters. The van der Waals surface area contributed by atoms with Crippen LogP contribution in [-0.4, -0.2) is 9.97 Å². The highest BCUT2D eigenvalue weighted by atomic mass is 79.9. The van der Waals surface area contributed by atoms with Gasteiger partial charge in [0.15, 0.2) is 0 Å². The van der Waals surface area contributed by atoms with E-state index in [0.717, 1.165) is 10.0 Å². The van der Waals surface area contributed by atoms with E-state index in [1.807, 2.05) is 31.2 Å². The molecule has 1 aromatic carbocycles. The number of halogens is 3. The van der Waals surface area contributed by atoms with E-state index in [9.17, 15) is 0 Å². The Bertz CT molecular complexity index is 546. The van der Waals surface area contributed by atoms with Crippen LogP contribution in [0.4, 0.5) is 5.82 Å². The van der Waals surface area contributed by atoms with Crippen molar-refractivity contribution in [3.8, 4) is 0 Å². The molecule has 0 radical (unpaired) electrons. The van der Waals surface area contributed by atoms with Gasteiger partial charge in [-0.25, -0.2) is 4.98 Å². The molecule has 0 fully saturated rings. The Kier molecular flexibility index (Phi) is 4.43. The molecule has 94 valence electrons. The van der Waals surface area contributed by atoms with Crippen molar-refractivity contribution in [2.75, 3.05) is 5.32 Å². The Morgan fingerprint density at radius 3 is 2.56 bits per heavy atom. The third-order valence-electron chi connectivity index (χ3n) is 2.44. The smallest absolute Gasteiger partial charge is 0.224 e. The van der Waals surface area contributed by atoms with Gasteiger partial charge in [0, 0.05) is 10.5 Å². The molecule has 18 heavy (non-hydrogen) atoms. The molecule has 2 aromatic rings. The van der Waals surface area contributed by atoms with Crippen LogP contribution in [0.15, 0.2) is 34.9 Å². The highest BCUT2D eigenvalue weighted by Gasteiger charge is 2.09. The monoisotopic (exact) mass is 345 g/mol. The first-order valence-electron chi connectivity index (χ1n) is 5.26. The number of nitrogens with one attached hydrogen (secondary N) is 1. The van der Waals surface area contributed by atoms with E-state index in [4.69, 9.17) is 23.2 Å². The zero-order valence-corrected chi connectivity index (χ0v) is 12.6. The van der Waals surface area contributed by atoms with Crippen LogP contribution >= 0.6 is 39.1 Å². The van der Waals surface area contributed by atoms with Crippen molar-refractivity contribution < 1.29 is 0 Å². The molecule has 3 nitrogen and oxygen atoms in total. The molecule has 6 heteroatoms. The molecule has 2 rings (SSSR count). The van der Waals surface area contributed by atoms with Crippen molar-refractivity contribution in [1.82, 2.24) is 9.97 Å². The van der Waals surface area contributed by atoms with Gasteiger partial charge >= 0.3 is 0 Å². The van der Waals surface area contributed by atoms with Gasteiger partial charge in [0.05, 0.1) is 6.20 Å². The Hall–Kier alpha value is -0.840. The molecule has 0 spiro atoms. The van der Waals surface area contributed by atoms with Crippen LogP contribution in [-0.2, 0) is 0 Å². The summed E-state index contributed by atoms with van der Waals surface area (Å²) in [6.45, 7) is 2.02. The van der Waals surface area contributed by atoms with Gasteiger partial charge < -0.3 is 5.32 Å². The third-order valence-corrected chi connectivity index (χ3v) is 3.43. The molecule has 0 saturated carbocycles. The molecule has 1 heterocycles. The number of rotatable bonds is 3. The summed E-state index contributed by atoms with van der Waals surface area (Å²) in [5, 5.41) is 3.82. The summed E-state index contributed by atoms with van der Waals surface area (Å²) >= 11 is 15.1. The highest BCUT2D eigenvalue weighted by molar-refractivity contribution is 9.10. The maximum absolute atomic E-state index is 6.00. The summed E-state index contributed by atoms with van der Waals surface area (Å²) < 4.78 is 1.04. The second-order valence-electron chi connectivity index (χ2n) is 3.75. The zero-order chi connectivity index (χ0) is 13.1. The minimum absolute atomic E-state index is 0.0709. The molecule has 0 aliphatic heterocycles. The number of aromatic nitrogens is 2. The van der Waals surface area contributed by atoms with Crippen molar-refractivity contribution in [2.45, 2.75) is 13.0 Å². The van der Waals surface area contributed by atoms with E-state index in [1.54, 1.807) is 0 Å². The van der Waals surface area contributed by atoms with Crippen LogP contribution in [0.3, 0.4) is 0 Å². The van der Waals surface area contributed by atoms with Crippen LogP contribution in [0, 0.1) is 0 Å². The van der Waals surface area contributed by atoms with Crippen molar-refractivity contribution in [1.29, 1.82) is 0 Å². The molecule has 0 saturated heterocycles. The highest BCUT2D eigenvalue weighted by Crippen LogP contribution is 2.25. The van der Waals surface area contributed by atoms with Crippen molar-refractivity contribution in [3.05, 3.63) is 50.8 Å². The van der Waals surface area contributed by atoms with Gasteiger partial charge in [-0.05, 0) is 36.2 Å². The minimum Gasteiger partial charge on any atom is -0.362 e. The van der Waals surface area contributed by atoms with Crippen molar-refractivity contribution in [3.63, 3.8) is 0 Å². The number of hydrogen-bond acceptors (Lipinski definition) is 3. The molecule has 0 bridgehead atoms. The van der Waals surface area contributed by atoms with Crippen LogP contribution in [0.5, 0.6) is 0 Å². The minimum atomic E-state index is 0.0709. The lowest BCUT2D eigenvalue weighted by Crippen LogP contribution is -2.08. The number of hydrogen-bond donors (Lipinski definition) is 1. The predicted octanol–water partition coefficient (Wildman–Crippen LogP) is 4.72. The summed E-state index contributed by atoms with van der Waals surface area (Å²) in [4.78, 5) is 7.86. The fraction of sp³-hybridized carbons (Fsp3) is 0.167. The zero-order valence-electron chi connectivity index (χ0n) is 9.49. The van der Waals surface area contributed by atoms with Crippen molar-refractivity contribution in [2.24, 2.45) is 0 Å². The second kappa shape index (κ2) is 5.87. The Labute approximate surface area is 124 Å². The number of benzene rings is 1. The maximum Gasteiger partial charge on any atom is 0.224 e. The van der Waals surface area contributed by atoms with Gasteiger partial charge in [0.2, 0.25) is 5.28 Å². The second-order valence-corrected chi connectivity index (χ2v) is 5.41. The number of nitrogens with zero attached hydrogens (tertiary/aromatic N) is 2. The topological polar surface area (TPSA) is 37.8 Å². The summed E-state index contributed by atoms with van der Waals surface area (Å²) in [7, 11) is 0. The Balaban J connectivity index is 2.18. The first kappa shape index (κ1) is 13.6. The molecule has 1 N–H and O–H groups in total. The van der Waals surface area contributed by atoms with Crippen LogP contribution in [0.2, 0.25) is 10.3 Å². The molecular formula is C12H10BrCl2N3. The van der Waals surface area contributed by atoms with Gasteiger partial charge in [-0.3, -0.25) is 0 Å². The van der Waals surface area contributed by atoms with E-state index < -0.39 is 0 Å². The molecule has 0 amide bonds. The van der Waals surface area contributed by atoms with E-state index in [2.05, 4.69) is 31.2 Å². The van der Waals surface area contributed by atoms with E-state index in [-0.39, 0.29) is 11.3 Å². The Morgan fingerprint density at radius 1 is 1.22 bits per heavy atom. The van der Waals surface area contributed by atoms with Gasteiger partial charge in [-0.2, -0.15) is 4.98 Å². The van der Waals surface area contributed by atoms with Crippen molar-refractivity contribution >= 4 is 44.9 Å². The van der Waals surface area contributed by atoms with Crippen LogP contribution in [0.1, 0.15) is 18.5 Å². The Morgan fingerprint density at radius 2 is 1.89 bits per heavy atom. The van der Waals surface area contributed by atoms with Gasteiger partial charge in [0.25, 0.3) is 0 Å². The fourth-order valence-electron chi connectivity index (χ4n) is 1.49. The lowest BCUT2D eigenvalue weighted by atomic mass is 10.1. The van der Waals surface area contributed by atoms with Gasteiger partial charge in [0.1, 0.15) is 10.8 Å².